The number of carbonyl (C=O) groups excluding carboxylic acids is 1. The molecule has 0 radical (unpaired) electrons. The van der Waals surface area contributed by atoms with Crippen molar-refractivity contribution in [2.45, 2.75) is 0 Å². The number of nitrogens with two attached hydrogens (primary N) is 1. The lowest BCUT2D eigenvalue weighted by atomic mass is 10.1. The molecule has 1 amide bonds. The largest absolute Gasteiger partial charge is 0.507 e. The van der Waals surface area contributed by atoms with Crippen molar-refractivity contribution in [1.82, 2.24) is 0 Å². The summed E-state index contributed by atoms with van der Waals surface area (Å²) in [6, 6.07) is 8.10. The molecule has 0 fully saturated rings. The SMILES string of the molecule is Nc1cc(NC(=O)c2c(O)cccc2F)ccc1Cl. The third-order valence-corrected chi connectivity index (χ3v) is 2.82. The molecule has 0 atom stereocenters. The van der Waals surface area contributed by atoms with Gasteiger partial charge in [0.05, 0.1) is 10.7 Å². The zero-order chi connectivity index (χ0) is 14.0. The number of phenolic OH excluding ortho intramolecular Hbond substituents is 1. The Bertz CT molecular complexity index is 626. The van der Waals surface area contributed by atoms with Gasteiger partial charge in [0.1, 0.15) is 17.1 Å². The van der Waals surface area contributed by atoms with Crippen LogP contribution in [0.5, 0.6) is 5.75 Å². The van der Waals surface area contributed by atoms with Crippen LogP contribution < -0.4 is 11.1 Å². The monoisotopic (exact) mass is 280 g/mol. The van der Waals surface area contributed by atoms with Crippen molar-refractivity contribution in [3.8, 4) is 5.75 Å². The molecule has 0 aliphatic carbocycles. The number of hydrogen-bond donors (Lipinski definition) is 3. The van der Waals surface area contributed by atoms with E-state index in [-0.39, 0.29) is 5.69 Å². The highest BCUT2D eigenvalue weighted by molar-refractivity contribution is 6.33. The van der Waals surface area contributed by atoms with E-state index in [4.69, 9.17) is 17.3 Å². The van der Waals surface area contributed by atoms with Crippen molar-refractivity contribution in [3.63, 3.8) is 0 Å². The van der Waals surface area contributed by atoms with Crippen molar-refractivity contribution in [2.75, 3.05) is 11.1 Å². The Kier molecular flexibility index (Phi) is 3.57. The first kappa shape index (κ1) is 13.2. The summed E-state index contributed by atoms with van der Waals surface area (Å²) >= 11 is 5.75. The summed E-state index contributed by atoms with van der Waals surface area (Å²) < 4.78 is 13.5. The standard InChI is InChI=1S/C13H10ClFN2O2/c14-8-5-4-7(6-10(8)16)17-13(19)12-9(15)2-1-3-11(12)18/h1-6,18H,16H2,(H,17,19). The van der Waals surface area contributed by atoms with E-state index in [0.29, 0.717) is 10.7 Å². The van der Waals surface area contributed by atoms with Gasteiger partial charge >= 0.3 is 0 Å². The van der Waals surface area contributed by atoms with Crippen LogP contribution in [0.2, 0.25) is 5.02 Å². The van der Waals surface area contributed by atoms with Gasteiger partial charge in [-0.15, -0.1) is 0 Å². The molecule has 4 N–H and O–H groups in total. The maximum Gasteiger partial charge on any atom is 0.262 e. The first-order valence-electron chi connectivity index (χ1n) is 5.33. The highest BCUT2D eigenvalue weighted by Crippen LogP contribution is 2.25. The second-order valence-corrected chi connectivity index (χ2v) is 4.23. The molecule has 2 aromatic rings. The van der Waals surface area contributed by atoms with Crippen molar-refractivity contribution in [3.05, 3.63) is 52.8 Å². The van der Waals surface area contributed by atoms with Gasteiger partial charge in [-0.1, -0.05) is 17.7 Å². The predicted molar refractivity (Wildman–Crippen MR) is 71.9 cm³/mol. The predicted octanol–water partition coefficient (Wildman–Crippen LogP) is 3.02. The van der Waals surface area contributed by atoms with E-state index < -0.39 is 23.0 Å². The highest BCUT2D eigenvalue weighted by Gasteiger charge is 2.16. The van der Waals surface area contributed by atoms with E-state index in [1.54, 1.807) is 0 Å². The lowest BCUT2D eigenvalue weighted by Gasteiger charge is -2.08. The minimum Gasteiger partial charge on any atom is -0.507 e. The number of amides is 1. The minimum absolute atomic E-state index is 0.289. The summed E-state index contributed by atoms with van der Waals surface area (Å²) in [7, 11) is 0. The zero-order valence-corrected chi connectivity index (χ0v) is 10.4. The number of carbonyl (C=O) groups is 1. The number of benzene rings is 2. The van der Waals surface area contributed by atoms with Gasteiger partial charge in [-0.2, -0.15) is 0 Å². The molecule has 0 bridgehead atoms. The highest BCUT2D eigenvalue weighted by atomic mass is 35.5. The number of nitrogens with one attached hydrogen (secondary N) is 1. The number of nitrogen functional groups attached to an aromatic ring is 1. The molecule has 98 valence electrons. The molecule has 6 heteroatoms. The normalized spacial score (nSPS) is 10.2. The fourth-order valence-electron chi connectivity index (χ4n) is 1.55. The fraction of sp³-hybridized carbons (Fsp3) is 0. The Balaban J connectivity index is 2.28. The summed E-state index contributed by atoms with van der Waals surface area (Å²) in [6.45, 7) is 0. The van der Waals surface area contributed by atoms with E-state index in [9.17, 15) is 14.3 Å². The van der Waals surface area contributed by atoms with Crippen LogP contribution in [0.3, 0.4) is 0 Å². The van der Waals surface area contributed by atoms with E-state index in [0.717, 1.165) is 6.07 Å². The second kappa shape index (κ2) is 5.16. The van der Waals surface area contributed by atoms with Gasteiger partial charge in [-0.05, 0) is 30.3 Å². The van der Waals surface area contributed by atoms with Gasteiger partial charge in [-0.25, -0.2) is 4.39 Å². The quantitative estimate of drug-likeness (QED) is 0.740. The average Bonchev–Trinajstić information content (AvgIpc) is 2.33. The van der Waals surface area contributed by atoms with Crippen LogP contribution in [-0.4, -0.2) is 11.0 Å². The fourth-order valence-corrected chi connectivity index (χ4v) is 1.67. The van der Waals surface area contributed by atoms with Gasteiger partial charge in [0.15, 0.2) is 0 Å². The van der Waals surface area contributed by atoms with Crippen LogP contribution in [-0.2, 0) is 0 Å². The smallest absolute Gasteiger partial charge is 0.262 e. The molecule has 0 unspecified atom stereocenters. The molecule has 0 saturated carbocycles. The Morgan fingerprint density at radius 1 is 1.32 bits per heavy atom. The molecule has 0 heterocycles. The summed E-state index contributed by atoms with van der Waals surface area (Å²) in [5.41, 5.74) is 5.81. The second-order valence-electron chi connectivity index (χ2n) is 3.82. The van der Waals surface area contributed by atoms with Gasteiger partial charge in [-0.3, -0.25) is 4.79 Å². The third-order valence-electron chi connectivity index (χ3n) is 2.47. The van der Waals surface area contributed by atoms with E-state index >= 15 is 0 Å². The van der Waals surface area contributed by atoms with Crippen molar-refractivity contribution >= 4 is 28.9 Å². The summed E-state index contributed by atoms with van der Waals surface area (Å²) in [4.78, 5) is 11.9. The van der Waals surface area contributed by atoms with Gasteiger partial charge in [0.2, 0.25) is 0 Å². The van der Waals surface area contributed by atoms with Crippen molar-refractivity contribution in [2.24, 2.45) is 0 Å². The number of halogens is 2. The maximum atomic E-state index is 13.5. The summed E-state index contributed by atoms with van der Waals surface area (Å²) in [5.74, 6) is -2.00. The van der Waals surface area contributed by atoms with Crippen LogP contribution in [0.4, 0.5) is 15.8 Å². The molecule has 0 aromatic heterocycles. The van der Waals surface area contributed by atoms with Crippen molar-refractivity contribution < 1.29 is 14.3 Å². The summed E-state index contributed by atoms with van der Waals surface area (Å²) in [5, 5.41) is 12.3. The van der Waals surface area contributed by atoms with Crippen LogP contribution in [0, 0.1) is 5.82 Å². The maximum absolute atomic E-state index is 13.5. The van der Waals surface area contributed by atoms with Gasteiger partial charge < -0.3 is 16.2 Å². The van der Waals surface area contributed by atoms with E-state index in [2.05, 4.69) is 5.32 Å². The number of anilines is 2. The number of rotatable bonds is 2. The Hall–Kier alpha value is -2.27. The molecule has 2 aromatic carbocycles. The van der Waals surface area contributed by atoms with Crippen LogP contribution in [0.15, 0.2) is 36.4 Å². The van der Waals surface area contributed by atoms with E-state index in [1.165, 1.54) is 30.3 Å². The summed E-state index contributed by atoms with van der Waals surface area (Å²) in [6.07, 6.45) is 0. The number of aromatic hydroxyl groups is 1. The van der Waals surface area contributed by atoms with Crippen LogP contribution >= 0.6 is 11.6 Å². The van der Waals surface area contributed by atoms with Gasteiger partial charge in [0, 0.05) is 5.69 Å². The molecule has 4 nitrogen and oxygen atoms in total. The van der Waals surface area contributed by atoms with Crippen LogP contribution in [0.25, 0.3) is 0 Å². The molecule has 19 heavy (non-hydrogen) atoms. The van der Waals surface area contributed by atoms with Gasteiger partial charge in [0.25, 0.3) is 5.91 Å². The lowest BCUT2D eigenvalue weighted by Crippen LogP contribution is -2.14. The molecular weight excluding hydrogens is 271 g/mol. The molecule has 0 aliphatic heterocycles. The Morgan fingerprint density at radius 2 is 2.05 bits per heavy atom. The Morgan fingerprint density at radius 3 is 2.68 bits per heavy atom. The molecule has 0 aliphatic rings. The Labute approximate surface area is 113 Å². The minimum atomic E-state index is -0.806. The number of phenols is 1. The van der Waals surface area contributed by atoms with Crippen molar-refractivity contribution in [1.29, 1.82) is 0 Å². The zero-order valence-electron chi connectivity index (χ0n) is 9.65. The lowest BCUT2D eigenvalue weighted by molar-refractivity contribution is 0.102. The first-order valence-corrected chi connectivity index (χ1v) is 5.70. The first-order chi connectivity index (χ1) is 8.99. The third kappa shape index (κ3) is 2.77. The molecule has 0 spiro atoms. The molecule has 2 rings (SSSR count). The molecule has 0 saturated heterocycles. The topological polar surface area (TPSA) is 75.3 Å². The van der Waals surface area contributed by atoms with E-state index in [1.807, 2.05) is 0 Å². The number of hydrogen-bond acceptors (Lipinski definition) is 3. The molecular formula is C13H10ClFN2O2. The average molecular weight is 281 g/mol. The van der Waals surface area contributed by atoms with Crippen LogP contribution in [0.1, 0.15) is 10.4 Å².